The van der Waals surface area contributed by atoms with Crippen molar-refractivity contribution in [3.05, 3.63) is 200 Å². The van der Waals surface area contributed by atoms with Gasteiger partial charge >= 0.3 is 0 Å². The number of fused-ring (bicyclic) bond motifs is 10. The van der Waals surface area contributed by atoms with Gasteiger partial charge in [-0.2, -0.15) is 0 Å². The van der Waals surface area contributed by atoms with Gasteiger partial charge in [-0.1, -0.05) is 146 Å². The third kappa shape index (κ3) is 5.12. The summed E-state index contributed by atoms with van der Waals surface area (Å²) in [5, 5.41) is 9.13. The monoisotopic (exact) mass is 779 g/mol. The Bertz CT molecular complexity index is 3770. The van der Waals surface area contributed by atoms with E-state index < -0.39 is 0 Å². The average Bonchev–Trinajstić information content (AvgIpc) is 3.97. The van der Waals surface area contributed by atoms with Crippen LogP contribution in [0.15, 0.2) is 205 Å². The smallest absolute Gasteiger partial charge is 0.164 e. The first-order chi connectivity index (χ1) is 30.2. The van der Waals surface area contributed by atoms with E-state index in [1.807, 2.05) is 72.8 Å². The molecule has 9 aromatic carbocycles. The molecule has 0 unspecified atom stereocenters. The fourth-order valence-electron chi connectivity index (χ4n) is 9.43. The molecule has 284 valence electrons. The Balaban J connectivity index is 1.10. The van der Waals surface area contributed by atoms with Crippen LogP contribution in [-0.2, 0) is 0 Å². The lowest BCUT2D eigenvalue weighted by molar-refractivity contribution is 0.669. The van der Waals surface area contributed by atoms with Gasteiger partial charge in [0.25, 0.3) is 0 Å². The third-order valence-electron chi connectivity index (χ3n) is 12.2. The summed E-state index contributed by atoms with van der Waals surface area (Å²) in [6.45, 7) is 0. The molecule has 0 atom stereocenters. The van der Waals surface area contributed by atoms with E-state index in [0.29, 0.717) is 17.5 Å². The number of hydrogen-bond donors (Lipinski definition) is 0. The van der Waals surface area contributed by atoms with Crippen LogP contribution in [0.25, 0.3) is 122 Å². The molecule has 0 aliphatic rings. The molecule has 0 amide bonds. The van der Waals surface area contributed by atoms with Crippen LogP contribution < -0.4 is 0 Å². The van der Waals surface area contributed by atoms with Gasteiger partial charge in [0.2, 0.25) is 0 Å². The fourth-order valence-corrected chi connectivity index (χ4v) is 9.43. The van der Waals surface area contributed by atoms with E-state index >= 15 is 0 Å². The molecule has 0 bridgehead atoms. The van der Waals surface area contributed by atoms with Gasteiger partial charge in [0, 0.05) is 66.1 Å². The molecule has 13 rings (SSSR count). The van der Waals surface area contributed by atoms with Gasteiger partial charge in [-0.3, -0.25) is 0 Å². The SMILES string of the molecule is c1ccc(-c2nc(-c3ccccc3)nc(-c3ccc(-n4c5cc(-n6c7ccccc7c7ccccc76)ccc5c5cc6c(cc54)oc4ccccc46)c4ccccc34)n2)cc1. The van der Waals surface area contributed by atoms with Gasteiger partial charge in [-0.15, -0.1) is 0 Å². The molecule has 4 aromatic heterocycles. The molecule has 61 heavy (non-hydrogen) atoms. The van der Waals surface area contributed by atoms with E-state index in [9.17, 15) is 0 Å². The van der Waals surface area contributed by atoms with Crippen LogP contribution in [0.3, 0.4) is 0 Å². The van der Waals surface area contributed by atoms with E-state index in [2.05, 4.69) is 137 Å². The van der Waals surface area contributed by atoms with Gasteiger partial charge in [0.05, 0.1) is 27.8 Å². The van der Waals surface area contributed by atoms with Crippen molar-refractivity contribution in [1.82, 2.24) is 24.1 Å². The minimum atomic E-state index is 0.621. The summed E-state index contributed by atoms with van der Waals surface area (Å²) in [6.07, 6.45) is 0. The van der Waals surface area contributed by atoms with Crippen molar-refractivity contribution in [3.8, 4) is 45.5 Å². The minimum Gasteiger partial charge on any atom is -0.456 e. The Hall–Kier alpha value is -8.35. The summed E-state index contributed by atoms with van der Waals surface area (Å²) in [6, 6.07) is 70.3. The largest absolute Gasteiger partial charge is 0.456 e. The third-order valence-corrected chi connectivity index (χ3v) is 12.2. The average molecular weight is 780 g/mol. The first-order valence-electron chi connectivity index (χ1n) is 20.5. The molecule has 0 saturated carbocycles. The first-order valence-corrected chi connectivity index (χ1v) is 20.5. The van der Waals surface area contributed by atoms with Crippen LogP contribution in [0.5, 0.6) is 0 Å². The van der Waals surface area contributed by atoms with E-state index in [-0.39, 0.29) is 0 Å². The van der Waals surface area contributed by atoms with Crippen LogP contribution >= 0.6 is 0 Å². The number of para-hydroxylation sites is 3. The maximum Gasteiger partial charge on any atom is 0.164 e. The number of aromatic nitrogens is 5. The van der Waals surface area contributed by atoms with E-state index in [1.165, 1.54) is 21.8 Å². The maximum atomic E-state index is 6.55. The summed E-state index contributed by atoms with van der Waals surface area (Å²) in [5.74, 6) is 1.88. The van der Waals surface area contributed by atoms with Gasteiger partial charge in [-0.25, -0.2) is 15.0 Å². The first kappa shape index (κ1) is 33.6. The van der Waals surface area contributed by atoms with Crippen LogP contribution in [0.1, 0.15) is 0 Å². The Morgan fingerprint density at radius 1 is 0.311 bits per heavy atom. The highest BCUT2D eigenvalue weighted by Crippen LogP contribution is 2.42. The van der Waals surface area contributed by atoms with E-state index in [1.54, 1.807) is 0 Å². The molecule has 4 heterocycles. The second-order valence-corrected chi connectivity index (χ2v) is 15.6. The standard InChI is InChI=1S/C55H33N5O/c1-3-15-34(16-4-1)53-56-54(35-17-5-2-6-18-35)58-55(57-53)43-29-30-48(38-20-8-7-19-37(38)43)60-49-31-36(59-46-24-12-9-21-39(46)40-22-10-13-25-47(40)59)27-28-41(49)44-32-45-42-23-11-14-26-51(42)61-52(45)33-50(44)60/h1-33H. The Morgan fingerprint density at radius 3 is 1.54 bits per heavy atom. The molecule has 0 saturated heterocycles. The van der Waals surface area contributed by atoms with Crippen molar-refractivity contribution in [3.63, 3.8) is 0 Å². The van der Waals surface area contributed by atoms with E-state index in [0.717, 1.165) is 82.6 Å². The highest BCUT2D eigenvalue weighted by molar-refractivity contribution is 6.19. The van der Waals surface area contributed by atoms with Gasteiger partial charge < -0.3 is 13.6 Å². The number of furan rings is 1. The topological polar surface area (TPSA) is 61.7 Å². The Kier molecular flexibility index (Phi) is 7.21. The molecular weight excluding hydrogens is 747 g/mol. The predicted octanol–water partition coefficient (Wildman–Crippen LogP) is 14.1. The van der Waals surface area contributed by atoms with Crippen LogP contribution in [0.2, 0.25) is 0 Å². The van der Waals surface area contributed by atoms with Crippen molar-refractivity contribution in [2.45, 2.75) is 0 Å². The zero-order valence-electron chi connectivity index (χ0n) is 32.7. The van der Waals surface area contributed by atoms with Crippen LogP contribution in [0.4, 0.5) is 0 Å². The molecule has 13 aromatic rings. The van der Waals surface area contributed by atoms with Gasteiger partial charge in [0.15, 0.2) is 17.5 Å². The van der Waals surface area contributed by atoms with Crippen LogP contribution in [0, 0.1) is 0 Å². The highest BCUT2D eigenvalue weighted by Gasteiger charge is 2.22. The minimum absolute atomic E-state index is 0.621. The second kappa shape index (κ2) is 13.1. The maximum absolute atomic E-state index is 6.55. The molecular formula is C55H33N5O. The number of nitrogens with zero attached hydrogens (tertiary/aromatic N) is 5. The highest BCUT2D eigenvalue weighted by atomic mass is 16.3. The van der Waals surface area contributed by atoms with Crippen molar-refractivity contribution < 1.29 is 4.42 Å². The van der Waals surface area contributed by atoms with Crippen molar-refractivity contribution in [1.29, 1.82) is 0 Å². The number of rotatable bonds is 5. The molecule has 0 N–H and O–H groups in total. The molecule has 6 nitrogen and oxygen atoms in total. The van der Waals surface area contributed by atoms with Crippen molar-refractivity contribution >= 4 is 76.3 Å². The molecule has 0 aliphatic heterocycles. The van der Waals surface area contributed by atoms with Crippen molar-refractivity contribution in [2.75, 3.05) is 0 Å². The Morgan fingerprint density at radius 2 is 0.852 bits per heavy atom. The summed E-state index contributed by atoms with van der Waals surface area (Å²) in [5.41, 5.74) is 11.2. The summed E-state index contributed by atoms with van der Waals surface area (Å²) >= 11 is 0. The lowest BCUT2D eigenvalue weighted by Gasteiger charge is -2.16. The van der Waals surface area contributed by atoms with E-state index in [4.69, 9.17) is 19.4 Å². The summed E-state index contributed by atoms with van der Waals surface area (Å²) in [7, 11) is 0. The lowest BCUT2D eigenvalue weighted by Crippen LogP contribution is -2.02. The molecule has 6 heteroatoms. The second-order valence-electron chi connectivity index (χ2n) is 15.6. The van der Waals surface area contributed by atoms with Crippen molar-refractivity contribution in [2.24, 2.45) is 0 Å². The molecule has 0 radical (unpaired) electrons. The predicted molar refractivity (Wildman–Crippen MR) is 250 cm³/mol. The zero-order chi connectivity index (χ0) is 40.0. The number of benzene rings is 9. The lowest BCUT2D eigenvalue weighted by atomic mass is 10.0. The molecule has 0 fully saturated rings. The molecule has 0 spiro atoms. The fraction of sp³-hybridized carbons (Fsp3) is 0. The molecule has 0 aliphatic carbocycles. The van der Waals surface area contributed by atoms with Gasteiger partial charge in [-0.05, 0) is 53.9 Å². The summed E-state index contributed by atoms with van der Waals surface area (Å²) in [4.78, 5) is 15.3. The normalized spacial score (nSPS) is 11.9. The summed E-state index contributed by atoms with van der Waals surface area (Å²) < 4.78 is 11.4. The van der Waals surface area contributed by atoms with Crippen LogP contribution in [-0.4, -0.2) is 24.1 Å². The zero-order valence-corrected chi connectivity index (χ0v) is 32.7. The number of hydrogen-bond acceptors (Lipinski definition) is 4. The van der Waals surface area contributed by atoms with Gasteiger partial charge in [0.1, 0.15) is 11.2 Å². The quantitative estimate of drug-likeness (QED) is 0.175. The Labute approximate surface area is 349 Å².